The van der Waals surface area contributed by atoms with Gasteiger partial charge >= 0.3 is 0 Å². The van der Waals surface area contributed by atoms with E-state index in [4.69, 9.17) is 0 Å². The van der Waals surface area contributed by atoms with E-state index in [1.54, 1.807) is 6.07 Å². The fraction of sp³-hybridized carbons (Fsp3) is 0.261. The van der Waals surface area contributed by atoms with Gasteiger partial charge in [-0.1, -0.05) is 30.3 Å². The highest BCUT2D eigenvalue weighted by atomic mass is 19.1. The maximum atomic E-state index is 13.7. The molecule has 0 atom stereocenters. The van der Waals surface area contributed by atoms with Gasteiger partial charge < -0.3 is 10.6 Å². The number of fused-ring (bicyclic) bond motifs is 1. The van der Waals surface area contributed by atoms with E-state index < -0.39 is 11.7 Å². The summed E-state index contributed by atoms with van der Waals surface area (Å²) in [4.78, 5) is 24.8. The summed E-state index contributed by atoms with van der Waals surface area (Å²) < 4.78 is 15.5. The number of para-hydroxylation sites is 1. The molecular formula is C23H23FN4O2. The predicted molar refractivity (Wildman–Crippen MR) is 111 cm³/mol. The molecule has 0 unspecified atom stereocenters. The lowest BCUT2D eigenvalue weighted by molar-refractivity contribution is 0.0922. The van der Waals surface area contributed by atoms with Gasteiger partial charge in [-0.15, -0.1) is 0 Å². The van der Waals surface area contributed by atoms with Crippen LogP contribution in [0.25, 0.3) is 5.69 Å². The van der Waals surface area contributed by atoms with Crippen molar-refractivity contribution >= 4 is 11.8 Å². The van der Waals surface area contributed by atoms with Crippen LogP contribution in [-0.2, 0) is 12.8 Å². The molecule has 0 fully saturated rings. The van der Waals surface area contributed by atoms with Crippen LogP contribution in [0.3, 0.4) is 0 Å². The fourth-order valence-electron chi connectivity index (χ4n) is 3.80. The smallest absolute Gasteiger partial charge is 0.272 e. The Hall–Kier alpha value is -3.48. The minimum Gasteiger partial charge on any atom is -0.350 e. The predicted octanol–water partition coefficient (Wildman–Crippen LogP) is 2.97. The molecule has 0 aliphatic heterocycles. The van der Waals surface area contributed by atoms with Gasteiger partial charge in [-0.3, -0.25) is 9.59 Å². The van der Waals surface area contributed by atoms with E-state index in [1.165, 1.54) is 18.2 Å². The third-order valence-electron chi connectivity index (χ3n) is 5.30. The van der Waals surface area contributed by atoms with Crippen molar-refractivity contribution in [3.8, 4) is 5.69 Å². The molecule has 0 saturated carbocycles. The molecule has 2 amide bonds. The maximum absolute atomic E-state index is 13.7. The number of amides is 2. The number of benzene rings is 2. The zero-order valence-electron chi connectivity index (χ0n) is 16.7. The molecule has 7 heteroatoms. The summed E-state index contributed by atoms with van der Waals surface area (Å²) >= 11 is 0. The molecule has 2 aromatic carbocycles. The van der Waals surface area contributed by atoms with Crippen LogP contribution in [-0.4, -0.2) is 34.7 Å². The maximum Gasteiger partial charge on any atom is 0.272 e. The minimum atomic E-state index is -0.573. The van der Waals surface area contributed by atoms with Gasteiger partial charge in [0.15, 0.2) is 5.69 Å². The molecule has 2 N–H and O–H groups in total. The molecule has 6 nitrogen and oxygen atoms in total. The molecule has 1 heterocycles. The minimum absolute atomic E-state index is 0.0152. The van der Waals surface area contributed by atoms with Crippen molar-refractivity contribution in [2.45, 2.75) is 26.2 Å². The van der Waals surface area contributed by atoms with Crippen LogP contribution in [0.15, 0.2) is 48.5 Å². The molecule has 30 heavy (non-hydrogen) atoms. The van der Waals surface area contributed by atoms with E-state index in [-0.39, 0.29) is 24.6 Å². The average Bonchev–Trinajstić information content (AvgIpc) is 3.35. The van der Waals surface area contributed by atoms with E-state index >= 15 is 0 Å². The zero-order valence-corrected chi connectivity index (χ0v) is 16.7. The summed E-state index contributed by atoms with van der Waals surface area (Å²) in [6.07, 6.45) is 2.72. The fourth-order valence-corrected chi connectivity index (χ4v) is 3.80. The van der Waals surface area contributed by atoms with Gasteiger partial charge in [-0.2, -0.15) is 5.10 Å². The second-order valence-electron chi connectivity index (χ2n) is 7.32. The zero-order chi connectivity index (χ0) is 21.1. The Balaban J connectivity index is 1.41. The van der Waals surface area contributed by atoms with Crippen LogP contribution < -0.4 is 10.6 Å². The molecule has 4 rings (SSSR count). The Morgan fingerprint density at radius 3 is 2.47 bits per heavy atom. The van der Waals surface area contributed by atoms with Crippen LogP contribution >= 0.6 is 0 Å². The Bertz CT molecular complexity index is 1110. The van der Waals surface area contributed by atoms with Crippen molar-refractivity contribution in [2.24, 2.45) is 0 Å². The number of hydrogen-bond acceptors (Lipinski definition) is 3. The number of aryl methyl sites for hydroxylation is 1. The number of aromatic nitrogens is 2. The number of hydrogen-bond donors (Lipinski definition) is 2. The van der Waals surface area contributed by atoms with Gasteiger partial charge in [0.1, 0.15) is 5.82 Å². The van der Waals surface area contributed by atoms with E-state index in [2.05, 4.69) is 15.7 Å². The van der Waals surface area contributed by atoms with Crippen molar-refractivity contribution < 1.29 is 14.0 Å². The number of carbonyl (C=O) groups is 2. The lowest BCUT2D eigenvalue weighted by Gasteiger charge is -2.09. The molecule has 0 spiro atoms. The topological polar surface area (TPSA) is 76.0 Å². The van der Waals surface area contributed by atoms with Gasteiger partial charge in [0.25, 0.3) is 11.8 Å². The summed E-state index contributed by atoms with van der Waals surface area (Å²) in [5.41, 5.74) is 4.57. The van der Waals surface area contributed by atoms with Crippen LogP contribution in [0.1, 0.15) is 44.1 Å². The first-order valence-electron chi connectivity index (χ1n) is 10.0. The molecular weight excluding hydrogens is 383 g/mol. The summed E-state index contributed by atoms with van der Waals surface area (Å²) in [5, 5.41) is 10.0. The molecule has 0 bridgehead atoms. The standard InChI is InChI=1S/C23H23FN4O2/c1-15-7-2-5-11-19(15)28-20-12-6-9-17(20)21(27-28)23(30)26-14-13-25-22(29)16-8-3-4-10-18(16)24/h2-5,7-8,10-11H,6,9,12-14H2,1H3,(H,25,29)(H,26,30). The molecule has 1 aromatic heterocycles. The SMILES string of the molecule is Cc1ccccc1-n1nc(C(=O)NCCNC(=O)c2ccccc2F)c2c1CCC2. The number of carbonyl (C=O) groups excluding carboxylic acids is 2. The van der Waals surface area contributed by atoms with Crippen LogP contribution in [0.2, 0.25) is 0 Å². The normalized spacial score (nSPS) is 12.5. The molecule has 0 radical (unpaired) electrons. The quantitative estimate of drug-likeness (QED) is 0.618. The monoisotopic (exact) mass is 406 g/mol. The summed E-state index contributed by atoms with van der Waals surface area (Å²) in [7, 11) is 0. The Morgan fingerprint density at radius 2 is 1.70 bits per heavy atom. The van der Waals surface area contributed by atoms with Crippen molar-refractivity contribution in [1.29, 1.82) is 0 Å². The van der Waals surface area contributed by atoms with E-state index in [0.717, 1.165) is 41.8 Å². The van der Waals surface area contributed by atoms with E-state index in [9.17, 15) is 14.0 Å². The second kappa shape index (κ2) is 8.49. The molecule has 154 valence electrons. The second-order valence-corrected chi connectivity index (χ2v) is 7.32. The summed E-state index contributed by atoms with van der Waals surface area (Å²) in [5.74, 6) is -1.34. The van der Waals surface area contributed by atoms with Crippen molar-refractivity contribution in [2.75, 3.05) is 13.1 Å². The number of nitrogens with zero attached hydrogens (tertiary/aromatic N) is 2. The average molecular weight is 406 g/mol. The number of halogens is 1. The third-order valence-corrected chi connectivity index (χ3v) is 5.30. The number of rotatable bonds is 6. The van der Waals surface area contributed by atoms with Crippen molar-refractivity contribution in [3.63, 3.8) is 0 Å². The first kappa shape index (κ1) is 19.8. The van der Waals surface area contributed by atoms with E-state index in [1.807, 2.05) is 35.9 Å². The first-order valence-corrected chi connectivity index (χ1v) is 10.0. The molecule has 3 aromatic rings. The lowest BCUT2D eigenvalue weighted by Crippen LogP contribution is -2.35. The van der Waals surface area contributed by atoms with Crippen molar-refractivity contribution in [1.82, 2.24) is 20.4 Å². The van der Waals surface area contributed by atoms with E-state index in [0.29, 0.717) is 5.69 Å². The highest BCUT2D eigenvalue weighted by Crippen LogP contribution is 2.28. The number of nitrogens with one attached hydrogen (secondary N) is 2. The Kier molecular flexibility index (Phi) is 5.61. The van der Waals surface area contributed by atoms with Crippen molar-refractivity contribution in [3.05, 3.63) is 82.4 Å². The molecule has 1 aliphatic carbocycles. The van der Waals surface area contributed by atoms with Gasteiger partial charge in [0, 0.05) is 24.3 Å². The third kappa shape index (κ3) is 3.83. The molecule has 0 saturated heterocycles. The highest BCUT2D eigenvalue weighted by molar-refractivity contribution is 5.95. The first-order chi connectivity index (χ1) is 14.6. The lowest BCUT2D eigenvalue weighted by atomic mass is 10.2. The Morgan fingerprint density at radius 1 is 1.00 bits per heavy atom. The summed E-state index contributed by atoms with van der Waals surface area (Å²) in [6, 6.07) is 13.8. The van der Waals surface area contributed by atoms with Gasteiger partial charge in [0.2, 0.25) is 0 Å². The van der Waals surface area contributed by atoms with Crippen LogP contribution in [0.5, 0.6) is 0 Å². The van der Waals surface area contributed by atoms with Gasteiger partial charge in [-0.05, 0) is 49.9 Å². The summed E-state index contributed by atoms with van der Waals surface area (Å²) in [6.45, 7) is 2.45. The van der Waals surface area contributed by atoms with Crippen LogP contribution in [0, 0.1) is 12.7 Å². The highest BCUT2D eigenvalue weighted by Gasteiger charge is 2.27. The Labute approximate surface area is 174 Å². The van der Waals surface area contributed by atoms with Crippen LogP contribution in [0.4, 0.5) is 4.39 Å². The van der Waals surface area contributed by atoms with Gasteiger partial charge in [-0.25, -0.2) is 9.07 Å². The van der Waals surface area contributed by atoms with Gasteiger partial charge in [0.05, 0.1) is 11.3 Å². The largest absolute Gasteiger partial charge is 0.350 e. The molecule has 1 aliphatic rings.